The highest BCUT2D eigenvalue weighted by atomic mass is 32.2. The van der Waals surface area contributed by atoms with Crippen LogP contribution in [0.4, 0.5) is 11.4 Å². The van der Waals surface area contributed by atoms with Gasteiger partial charge in [0.2, 0.25) is 11.8 Å². The molecule has 3 rings (SSSR count). The van der Waals surface area contributed by atoms with Gasteiger partial charge in [-0.3, -0.25) is 19.3 Å². The van der Waals surface area contributed by atoms with Crippen molar-refractivity contribution < 1.29 is 18.0 Å². The van der Waals surface area contributed by atoms with Crippen molar-refractivity contribution in [3.63, 3.8) is 0 Å². The van der Waals surface area contributed by atoms with Crippen LogP contribution in [0.15, 0.2) is 58.4 Å². The minimum Gasteiger partial charge on any atom is -0.326 e. The molecule has 1 aliphatic rings. The first-order chi connectivity index (χ1) is 14.2. The molecule has 3 N–H and O–H groups in total. The normalized spacial score (nSPS) is 17.5. The van der Waals surface area contributed by atoms with Crippen LogP contribution in [-0.4, -0.2) is 32.1 Å². The Morgan fingerprint density at radius 3 is 2.40 bits per heavy atom. The van der Waals surface area contributed by atoms with E-state index in [0.717, 1.165) is 0 Å². The fourth-order valence-electron chi connectivity index (χ4n) is 3.13. The number of anilines is 2. The molecule has 0 aromatic heterocycles. The Kier molecular flexibility index (Phi) is 6.21. The number of amides is 2. The van der Waals surface area contributed by atoms with Gasteiger partial charge in [0.05, 0.1) is 4.90 Å². The van der Waals surface area contributed by atoms with Crippen LogP contribution in [0.2, 0.25) is 0 Å². The van der Waals surface area contributed by atoms with E-state index in [1.165, 1.54) is 13.0 Å². The van der Waals surface area contributed by atoms with Gasteiger partial charge in [-0.05, 0) is 36.2 Å². The number of nitrogens with one attached hydrogen (secondary N) is 3. The first kappa shape index (κ1) is 21.5. The van der Waals surface area contributed by atoms with Gasteiger partial charge in [-0.1, -0.05) is 38.5 Å². The second-order valence-electron chi connectivity index (χ2n) is 7.16. The standard InChI is InChI=1S/C21H24N4O4S/c1-4-13(2)19(21(27)23-16-9-7-8-15(12-16)22-14(3)26)24-20-17-10-5-6-11-18(17)30(28,29)25-20/h5-13,19H,4H2,1-3H3,(H,22,26)(H,23,27)(H,24,25)/t13-,19-/m0/s1. The van der Waals surface area contributed by atoms with Crippen molar-refractivity contribution in [2.24, 2.45) is 10.9 Å². The largest absolute Gasteiger partial charge is 0.326 e. The molecule has 8 nitrogen and oxygen atoms in total. The van der Waals surface area contributed by atoms with Crippen molar-refractivity contribution in [3.05, 3.63) is 54.1 Å². The third-order valence-corrected chi connectivity index (χ3v) is 6.23. The quantitative estimate of drug-likeness (QED) is 0.656. The maximum Gasteiger partial charge on any atom is 0.263 e. The summed E-state index contributed by atoms with van der Waals surface area (Å²) in [5.74, 6) is -0.540. The highest BCUT2D eigenvalue weighted by molar-refractivity contribution is 7.90. The van der Waals surface area contributed by atoms with E-state index >= 15 is 0 Å². The fourth-order valence-corrected chi connectivity index (χ4v) is 4.37. The Labute approximate surface area is 175 Å². The summed E-state index contributed by atoms with van der Waals surface area (Å²) < 4.78 is 27.1. The van der Waals surface area contributed by atoms with Crippen LogP contribution in [0.3, 0.4) is 0 Å². The van der Waals surface area contributed by atoms with E-state index in [4.69, 9.17) is 0 Å². The molecule has 0 fully saturated rings. The highest BCUT2D eigenvalue weighted by Gasteiger charge is 2.33. The third-order valence-electron chi connectivity index (χ3n) is 4.83. The van der Waals surface area contributed by atoms with Crippen molar-refractivity contribution in [1.82, 2.24) is 4.72 Å². The van der Waals surface area contributed by atoms with E-state index in [1.54, 1.807) is 42.5 Å². The number of carbonyl (C=O) groups excluding carboxylic acids is 2. The topological polar surface area (TPSA) is 117 Å². The van der Waals surface area contributed by atoms with Gasteiger partial charge in [0.15, 0.2) is 0 Å². The van der Waals surface area contributed by atoms with E-state index in [2.05, 4.69) is 20.3 Å². The van der Waals surface area contributed by atoms with Gasteiger partial charge in [0.1, 0.15) is 11.9 Å². The molecule has 2 atom stereocenters. The molecular formula is C21H24N4O4S. The van der Waals surface area contributed by atoms with E-state index in [0.29, 0.717) is 23.4 Å². The number of rotatable bonds is 6. The molecule has 30 heavy (non-hydrogen) atoms. The number of carbonyl (C=O) groups is 2. The molecule has 0 radical (unpaired) electrons. The summed E-state index contributed by atoms with van der Waals surface area (Å²) in [6.45, 7) is 5.23. The van der Waals surface area contributed by atoms with Gasteiger partial charge < -0.3 is 10.6 Å². The van der Waals surface area contributed by atoms with Crippen molar-refractivity contribution in [2.75, 3.05) is 10.6 Å². The zero-order chi connectivity index (χ0) is 21.9. The van der Waals surface area contributed by atoms with Crippen LogP contribution < -0.4 is 15.4 Å². The second-order valence-corrected chi connectivity index (χ2v) is 8.81. The summed E-state index contributed by atoms with van der Waals surface area (Å²) in [6.07, 6.45) is 0.676. The number of sulfonamides is 1. The number of hydrogen-bond acceptors (Lipinski definition) is 5. The molecule has 1 heterocycles. The molecule has 0 spiro atoms. The van der Waals surface area contributed by atoms with Gasteiger partial charge >= 0.3 is 0 Å². The zero-order valence-electron chi connectivity index (χ0n) is 17.0. The molecule has 158 valence electrons. The van der Waals surface area contributed by atoms with Crippen LogP contribution in [0.5, 0.6) is 0 Å². The molecule has 9 heteroatoms. The van der Waals surface area contributed by atoms with Crippen LogP contribution in [0, 0.1) is 5.92 Å². The molecule has 0 unspecified atom stereocenters. The molecule has 0 saturated heterocycles. The summed E-state index contributed by atoms with van der Waals surface area (Å²) in [5, 5.41) is 5.48. The summed E-state index contributed by atoms with van der Waals surface area (Å²) in [7, 11) is -3.69. The molecule has 0 bridgehead atoms. The maximum atomic E-state index is 13.0. The molecule has 2 amide bonds. The van der Waals surface area contributed by atoms with Crippen molar-refractivity contribution >= 4 is 39.0 Å². The Morgan fingerprint density at radius 1 is 1.07 bits per heavy atom. The molecule has 0 aliphatic carbocycles. The molecule has 2 aromatic carbocycles. The van der Waals surface area contributed by atoms with Crippen LogP contribution in [0.1, 0.15) is 32.8 Å². The lowest BCUT2D eigenvalue weighted by Gasteiger charge is -2.19. The Morgan fingerprint density at radius 2 is 1.73 bits per heavy atom. The van der Waals surface area contributed by atoms with Gasteiger partial charge in [-0.25, -0.2) is 8.42 Å². The summed E-state index contributed by atoms with van der Waals surface area (Å²) >= 11 is 0. The number of benzene rings is 2. The van der Waals surface area contributed by atoms with E-state index < -0.39 is 16.1 Å². The van der Waals surface area contributed by atoms with E-state index in [9.17, 15) is 18.0 Å². The minimum absolute atomic E-state index is 0.131. The van der Waals surface area contributed by atoms with Crippen LogP contribution in [-0.2, 0) is 19.6 Å². The SMILES string of the molecule is CC[C@H](C)[C@H](N=C1NS(=O)(=O)c2ccccc21)C(=O)Nc1cccc(NC(C)=O)c1. The average Bonchev–Trinajstić information content (AvgIpc) is 2.95. The highest BCUT2D eigenvalue weighted by Crippen LogP contribution is 2.24. The zero-order valence-corrected chi connectivity index (χ0v) is 17.8. The monoisotopic (exact) mass is 428 g/mol. The van der Waals surface area contributed by atoms with Crippen molar-refractivity contribution in [3.8, 4) is 0 Å². The molecule has 0 saturated carbocycles. The van der Waals surface area contributed by atoms with Gasteiger partial charge in [0, 0.05) is 23.9 Å². The Bertz CT molecular complexity index is 1110. The first-order valence-corrected chi connectivity index (χ1v) is 11.1. The predicted molar refractivity (Wildman–Crippen MR) is 116 cm³/mol. The number of hydrogen-bond donors (Lipinski definition) is 3. The minimum atomic E-state index is -3.69. The smallest absolute Gasteiger partial charge is 0.263 e. The average molecular weight is 429 g/mol. The second kappa shape index (κ2) is 8.66. The lowest BCUT2D eigenvalue weighted by Crippen LogP contribution is -2.34. The number of aliphatic imine (C=N–C) groups is 1. The number of amidine groups is 1. The Hall–Kier alpha value is -3.20. The summed E-state index contributed by atoms with van der Waals surface area (Å²) in [6, 6.07) is 12.5. The van der Waals surface area contributed by atoms with Crippen molar-refractivity contribution in [2.45, 2.75) is 38.1 Å². The third kappa shape index (κ3) is 4.68. The Balaban J connectivity index is 1.90. The van der Waals surface area contributed by atoms with Crippen molar-refractivity contribution in [1.29, 1.82) is 0 Å². The first-order valence-electron chi connectivity index (χ1n) is 9.60. The summed E-state index contributed by atoms with van der Waals surface area (Å²) in [4.78, 5) is 28.9. The van der Waals surface area contributed by atoms with Crippen LogP contribution >= 0.6 is 0 Å². The fraction of sp³-hybridized carbons (Fsp3) is 0.286. The van der Waals surface area contributed by atoms with E-state index in [1.807, 2.05) is 13.8 Å². The number of nitrogens with zero attached hydrogens (tertiary/aromatic N) is 1. The molecule has 1 aliphatic heterocycles. The predicted octanol–water partition coefficient (Wildman–Crippen LogP) is 2.74. The van der Waals surface area contributed by atoms with Gasteiger partial charge in [0.25, 0.3) is 10.0 Å². The van der Waals surface area contributed by atoms with E-state index in [-0.39, 0.29) is 28.5 Å². The lowest BCUT2D eigenvalue weighted by atomic mass is 9.98. The molecular weight excluding hydrogens is 404 g/mol. The van der Waals surface area contributed by atoms with Crippen LogP contribution in [0.25, 0.3) is 0 Å². The van der Waals surface area contributed by atoms with Gasteiger partial charge in [-0.2, -0.15) is 0 Å². The number of fused-ring (bicyclic) bond motifs is 1. The maximum absolute atomic E-state index is 13.0. The van der Waals surface area contributed by atoms with Gasteiger partial charge in [-0.15, -0.1) is 0 Å². The molecule has 2 aromatic rings. The summed E-state index contributed by atoms with van der Waals surface area (Å²) in [5.41, 5.74) is 1.52. The lowest BCUT2D eigenvalue weighted by molar-refractivity contribution is -0.118.